The lowest BCUT2D eigenvalue weighted by Crippen LogP contribution is -2.46. The molecule has 1 heterocycles. The van der Waals surface area contributed by atoms with Gasteiger partial charge in [-0.3, -0.25) is 4.79 Å². The molecule has 3 amide bonds. The number of carbonyl (C=O) groups excluding carboxylic acids is 2. The summed E-state index contributed by atoms with van der Waals surface area (Å²) in [5, 5.41) is 3.15. The number of rotatable bonds is 6. The predicted octanol–water partition coefficient (Wildman–Crippen LogP) is 2.24. The van der Waals surface area contributed by atoms with Gasteiger partial charge in [0, 0.05) is 59.2 Å². The molecule has 0 saturated carbocycles. The van der Waals surface area contributed by atoms with E-state index in [0.29, 0.717) is 42.6 Å². The monoisotopic (exact) mass is 383 g/mol. The molecule has 144 valence electrons. The Balaban J connectivity index is 1.89. The van der Waals surface area contributed by atoms with Gasteiger partial charge in [-0.25, -0.2) is 4.79 Å². The number of likely N-dealkylation sites (tertiary alicyclic amines) is 1. The van der Waals surface area contributed by atoms with Crippen molar-refractivity contribution in [3.8, 4) is 5.75 Å². The van der Waals surface area contributed by atoms with Crippen molar-refractivity contribution in [2.75, 3.05) is 47.4 Å². The van der Waals surface area contributed by atoms with E-state index in [4.69, 9.17) is 21.1 Å². The van der Waals surface area contributed by atoms with E-state index in [1.165, 1.54) is 0 Å². The maximum Gasteiger partial charge on any atom is 0.319 e. The quantitative estimate of drug-likeness (QED) is 0.765. The van der Waals surface area contributed by atoms with Crippen molar-refractivity contribution in [2.24, 2.45) is 0 Å². The van der Waals surface area contributed by atoms with E-state index in [1.54, 1.807) is 44.3 Å². The molecule has 1 aromatic rings. The van der Waals surface area contributed by atoms with Crippen LogP contribution in [0.4, 0.5) is 4.79 Å². The van der Waals surface area contributed by atoms with Gasteiger partial charge in [0.25, 0.3) is 5.91 Å². The third kappa shape index (κ3) is 5.51. The minimum atomic E-state index is -0.203. The number of hydrogen-bond acceptors (Lipinski definition) is 4. The Kier molecular flexibility index (Phi) is 7.53. The average Bonchev–Trinajstić information content (AvgIpc) is 2.63. The Morgan fingerprint density at radius 1 is 1.31 bits per heavy atom. The highest BCUT2D eigenvalue weighted by molar-refractivity contribution is 6.32. The first-order valence-corrected chi connectivity index (χ1v) is 8.99. The standard InChI is InChI=1S/C18H26ClN3O4/c1-21(2)18(24)22-9-6-14(7-10-22)26-16-5-4-13(12-15(16)19)17(23)20-8-11-25-3/h4-5,12,14H,6-11H2,1-3H3,(H,20,23). The highest BCUT2D eigenvalue weighted by Crippen LogP contribution is 2.28. The molecule has 0 spiro atoms. The number of methoxy groups -OCH3 is 1. The lowest BCUT2D eigenvalue weighted by Gasteiger charge is -2.33. The van der Waals surface area contributed by atoms with Crippen LogP contribution in [-0.2, 0) is 4.74 Å². The van der Waals surface area contributed by atoms with Gasteiger partial charge in [0.05, 0.1) is 11.6 Å². The van der Waals surface area contributed by atoms with Crippen LogP contribution in [-0.4, -0.2) is 75.3 Å². The Bertz CT molecular complexity index is 631. The van der Waals surface area contributed by atoms with Crippen LogP contribution in [0, 0.1) is 0 Å². The van der Waals surface area contributed by atoms with Crippen LogP contribution in [0.3, 0.4) is 0 Å². The van der Waals surface area contributed by atoms with Gasteiger partial charge in [-0.2, -0.15) is 0 Å². The van der Waals surface area contributed by atoms with Crippen molar-refractivity contribution in [1.82, 2.24) is 15.1 Å². The molecule has 1 aliphatic rings. The van der Waals surface area contributed by atoms with Crippen molar-refractivity contribution < 1.29 is 19.1 Å². The van der Waals surface area contributed by atoms with Crippen LogP contribution in [0.1, 0.15) is 23.2 Å². The zero-order chi connectivity index (χ0) is 19.1. The van der Waals surface area contributed by atoms with Gasteiger partial charge < -0.3 is 24.6 Å². The Morgan fingerprint density at radius 3 is 2.58 bits per heavy atom. The van der Waals surface area contributed by atoms with E-state index in [0.717, 1.165) is 12.8 Å². The van der Waals surface area contributed by atoms with Gasteiger partial charge in [0.15, 0.2) is 0 Å². The maximum absolute atomic E-state index is 12.0. The second kappa shape index (κ2) is 9.64. The Labute approximate surface area is 159 Å². The first kappa shape index (κ1) is 20.3. The summed E-state index contributed by atoms with van der Waals surface area (Å²) >= 11 is 6.27. The topological polar surface area (TPSA) is 71.1 Å². The van der Waals surface area contributed by atoms with E-state index in [2.05, 4.69) is 5.32 Å². The van der Waals surface area contributed by atoms with Crippen LogP contribution < -0.4 is 10.1 Å². The largest absolute Gasteiger partial charge is 0.489 e. The smallest absolute Gasteiger partial charge is 0.319 e. The first-order valence-electron chi connectivity index (χ1n) is 8.62. The number of ether oxygens (including phenoxy) is 2. The normalized spacial score (nSPS) is 14.8. The maximum atomic E-state index is 12.0. The lowest BCUT2D eigenvalue weighted by molar-refractivity contribution is 0.0937. The van der Waals surface area contributed by atoms with E-state index < -0.39 is 0 Å². The molecular weight excluding hydrogens is 358 g/mol. The summed E-state index contributed by atoms with van der Waals surface area (Å²) in [4.78, 5) is 27.4. The Hall–Kier alpha value is -1.99. The van der Waals surface area contributed by atoms with E-state index >= 15 is 0 Å². The second-order valence-corrected chi connectivity index (χ2v) is 6.78. The lowest BCUT2D eigenvalue weighted by atomic mass is 10.1. The number of nitrogens with zero attached hydrogens (tertiary/aromatic N) is 2. The molecule has 0 aliphatic carbocycles. The molecule has 0 bridgehead atoms. The number of carbonyl (C=O) groups is 2. The van der Waals surface area contributed by atoms with Gasteiger partial charge in [0.1, 0.15) is 11.9 Å². The van der Waals surface area contributed by atoms with Crippen molar-refractivity contribution in [2.45, 2.75) is 18.9 Å². The molecule has 0 unspecified atom stereocenters. The SMILES string of the molecule is COCCNC(=O)c1ccc(OC2CCN(C(=O)N(C)C)CC2)c(Cl)c1. The number of hydrogen-bond donors (Lipinski definition) is 1. The number of benzene rings is 1. The van der Waals surface area contributed by atoms with Gasteiger partial charge in [-0.15, -0.1) is 0 Å². The van der Waals surface area contributed by atoms with Crippen molar-refractivity contribution in [3.05, 3.63) is 28.8 Å². The Morgan fingerprint density at radius 2 is 2.00 bits per heavy atom. The summed E-state index contributed by atoms with van der Waals surface area (Å²) in [6.45, 7) is 2.20. The van der Waals surface area contributed by atoms with Crippen molar-refractivity contribution >= 4 is 23.5 Å². The fourth-order valence-corrected chi connectivity index (χ4v) is 2.96. The van der Waals surface area contributed by atoms with Gasteiger partial charge in [0.2, 0.25) is 0 Å². The molecule has 1 aliphatic heterocycles. The summed E-state index contributed by atoms with van der Waals surface area (Å²) in [6.07, 6.45) is 1.49. The molecule has 8 heteroatoms. The number of nitrogens with one attached hydrogen (secondary N) is 1. The third-order valence-corrected chi connectivity index (χ3v) is 4.47. The van der Waals surface area contributed by atoms with Crippen molar-refractivity contribution in [3.63, 3.8) is 0 Å². The molecular formula is C18H26ClN3O4. The summed E-state index contributed by atoms with van der Waals surface area (Å²) < 4.78 is 10.9. The first-order chi connectivity index (χ1) is 12.4. The molecule has 26 heavy (non-hydrogen) atoms. The molecule has 0 atom stereocenters. The molecule has 0 radical (unpaired) electrons. The van der Waals surface area contributed by atoms with Gasteiger partial charge >= 0.3 is 6.03 Å². The third-order valence-electron chi connectivity index (χ3n) is 4.17. The fourth-order valence-electron chi connectivity index (χ4n) is 2.73. The van der Waals surface area contributed by atoms with Crippen LogP contribution in [0.5, 0.6) is 5.75 Å². The van der Waals surface area contributed by atoms with E-state index in [1.807, 2.05) is 4.90 Å². The van der Waals surface area contributed by atoms with Gasteiger partial charge in [-0.05, 0) is 18.2 Å². The van der Waals surface area contributed by atoms with Crippen LogP contribution in [0.2, 0.25) is 5.02 Å². The molecule has 1 saturated heterocycles. The molecule has 7 nitrogen and oxygen atoms in total. The van der Waals surface area contributed by atoms with E-state index in [-0.39, 0.29) is 18.0 Å². The number of amides is 3. The minimum absolute atomic E-state index is 0.0000849. The molecule has 2 rings (SSSR count). The molecule has 0 aromatic heterocycles. The molecule has 1 fully saturated rings. The van der Waals surface area contributed by atoms with Gasteiger partial charge in [-0.1, -0.05) is 11.6 Å². The minimum Gasteiger partial charge on any atom is -0.489 e. The second-order valence-electron chi connectivity index (χ2n) is 6.38. The number of halogens is 1. The van der Waals surface area contributed by atoms with Crippen LogP contribution >= 0.6 is 11.6 Å². The fraction of sp³-hybridized carbons (Fsp3) is 0.556. The summed E-state index contributed by atoms with van der Waals surface area (Å²) in [5.74, 6) is 0.350. The summed E-state index contributed by atoms with van der Waals surface area (Å²) in [5.41, 5.74) is 0.477. The highest BCUT2D eigenvalue weighted by Gasteiger charge is 2.25. The predicted molar refractivity (Wildman–Crippen MR) is 100.0 cm³/mol. The zero-order valence-electron chi connectivity index (χ0n) is 15.5. The average molecular weight is 384 g/mol. The van der Waals surface area contributed by atoms with E-state index in [9.17, 15) is 9.59 Å². The van der Waals surface area contributed by atoms with Crippen molar-refractivity contribution in [1.29, 1.82) is 0 Å². The molecule has 1 N–H and O–H groups in total. The number of piperidine rings is 1. The highest BCUT2D eigenvalue weighted by atomic mass is 35.5. The summed E-state index contributed by atoms with van der Waals surface area (Å²) in [7, 11) is 5.07. The number of urea groups is 1. The van der Waals surface area contributed by atoms with Crippen LogP contribution in [0.15, 0.2) is 18.2 Å². The zero-order valence-corrected chi connectivity index (χ0v) is 16.2. The summed E-state index contributed by atoms with van der Waals surface area (Å²) in [6, 6.07) is 5.02. The van der Waals surface area contributed by atoms with Crippen LogP contribution in [0.25, 0.3) is 0 Å². The molecule has 1 aromatic carbocycles.